The number of rotatable bonds is 4. The fourth-order valence-electron chi connectivity index (χ4n) is 3.67. The summed E-state index contributed by atoms with van der Waals surface area (Å²) in [5.41, 5.74) is 3.11. The molecule has 0 aliphatic rings. The Morgan fingerprint density at radius 1 is 0.567 bits per heavy atom. The Balaban J connectivity index is 1.53. The molecule has 0 unspecified atom stereocenters. The summed E-state index contributed by atoms with van der Waals surface area (Å²) < 4.78 is 3.20. The standard InChI is InChI=1S/C24H18N4O2/c29-23-19-9-3-5-11-21(19)25-15-27(23)13-17-7-1-2-8-18(17)14-28-16-26-22-12-6-4-10-20(22)24(28)30/h1-12,15-16H,13-14H2. The van der Waals surface area contributed by atoms with E-state index >= 15 is 0 Å². The van der Waals surface area contributed by atoms with Crippen LogP contribution in [-0.2, 0) is 13.1 Å². The van der Waals surface area contributed by atoms with Crippen molar-refractivity contribution in [3.63, 3.8) is 0 Å². The summed E-state index contributed by atoms with van der Waals surface area (Å²) >= 11 is 0. The number of hydrogen-bond donors (Lipinski definition) is 0. The molecule has 30 heavy (non-hydrogen) atoms. The zero-order chi connectivity index (χ0) is 20.5. The van der Waals surface area contributed by atoms with Gasteiger partial charge in [0.2, 0.25) is 0 Å². The Morgan fingerprint density at radius 2 is 0.967 bits per heavy atom. The molecule has 5 rings (SSSR count). The Labute approximate surface area is 171 Å². The first-order valence-electron chi connectivity index (χ1n) is 9.66. The zero-order valence-corrected chi connectivity index (χ0v) is 16.1. The molecule has 0 saturated heterocycles. The predicted octanol–water partition coefficient (Wildman–Crippen LogP) is 3.20. The van der Waals surface area contributed by atoms with E-state index in [9.17, 15) is 9.59 Å². The summed E-state index contributed by atoms with van der Waals surface area (Å²) in [6, 6.07) is 22.4. The van der Waals surface area contributed by atoms with Crippen LogP contribution in [0.15, 0.2) is 95.0 Å². The minimum atomic E-state index is -0.0834. The molecule has 0 fully saturated rings. The third kappa shape index (κ3) is 3.18. The molecule has 5 aromatic rings. The van der Waals surface area contributed by atoms with Crippen LogP contribution in [0, 0.1) is 0 Å². The topological polar surface area (TPSA) is 69.8 Å². The van der Waals surface area contributed by atoms with Crippen LogP contribution in [0.3, 0.4) is 0 Å². The maximum Gasteiger partial charge on any atom is 0.261 e. The molecular formula is C24H18N4O2. The molecule has 2 heterocycles. The lowest BCUT2D eigenvalue weighted by atomic mass is 10.1. The smallest absolute Gasteiger partial charge is 0.261 e. The van der Waals surface area contributed by atoms with E-state index in [0.29, 0.717) is 34.9 Å². The molecule has 3 aromatic carbocycles. The van der Waals surface area contributed by atoms with Crippen LogP contribution in [0.1, 0.15) is 11.1 Å². The van der Waals surface area contributed by atoms with Crippen LogP contribution in [0.4, 0.5) is 0 Å². The van der Waals surface area contributed by atoms with Crippen molar-refractivity contribution in [1.29, 1.82) is 0 Å². The minimum Gasteiger partial charge on any atom is -0.294 e. The first-order chi connectivity index (χ1) is 14.7. The van der Waals surface area contributed by atoms with Crippen molar-refractivity contribution in [2.75, 3.05) is 0 Å². The Morgan fingerprint density at radius 3 is 1.43 bits per heavy atom. The van der Waals surface area contributed by atoms with Gasteiger partial charge in [-0.15, -0.1) is 0 Å². The van der Waals surface area contributed by atoms with E-state index in [2.05, 4.69) is 9.97 Å². The Kier molecular flexibility index (Phi) is 4.44. The van der Waals surface area contributed by atoms with Crippen molar-refractivity contribution in [1.82, 2.24) is 19.1 Å². The van der Waals surface area contributed by atoms with Gasteiger partial charge in [-0.3, -0.25) is 18.7 Å². The third-order valence-corrected chi connectivity index (χ3v) is 5.26. The molecule has 0 saturated carbocycles. The molecule has 0 radical (unpaired) electrons. The van der Waals surface area contributed by atoms with E-state index < -0.39 is 0 Å². The van der Waals surface area contributed by atoms with Crippen molar-refractivity contribution in [2.24, 2.45) is 0 Å². The second-order valence-electron chi connectivity index (χ2n) is 7.16. The Bertz CT molecular complexity index is 1390. The maximum absolute atomic E-state index is 12.9. The molecule has 0 bridgehead atoms. The van der Waals surface area contributed by atoms with E-state index in [0.717, 1.165) is 11.1 Å². The van der Waals surface area contributed by atoms with Gasteiger partial charge in [0.1, 0.15) is 0 Å². The summed E-state index contributed by atoms with van der Waals surface area (Å²) in [4.78, 5) is 34.5. The average molecular weight is 394 g/mol. The van der Waals surface area contributed by atoms with E-state index in [1.807, 2.05) is 60.7 Å². The first-order valence-corrected chi connectivity index (χ1v) is 9.66. The minimum absolute atomic E-state index is 0.0834. The van der Waals surface area contributed by atoms with Crippen molar-refractivity contribution in [2.45, 2.75) is 13.1 Å². The maximum atomic E-state index is 12.9. The quantitative estimate of drug-likeness (QED) is 0.469. The number of fused-ring (bicyclic) bond motifs is 2. The fraction of sp³-hybridized carbons (Fsp3) is 0.0833. The molecule has 0 aliphatic heterocycles. The summed E-state index contributed by atoms with van der Waals surface area (Å²) in [6.07, 6.45) is 3.15. The summed E-state index contributed by atoms with van der Waals surface area (Å²) in [5.74, 6) is 0. The van der Waals surface area contributed by atoms with E-state index in [1.165, 1.54) is 0 Å². The highest BCUT2D eigenvalue weighted by Crippen LogP contribution is 2.13. The van der Waals surface area contributed by atoms with Gasteiger partial charge in [0.05, 0.1) is 47.6 Å². The van der Waals surface area contributed by atoms with E-state index in [1.54, 1.807) is 33.9 Å². The van der Waals surface area contributed by atoms with Crippen molar-refractivity contribution >= 4 is 21.8 Å². The molecular weight excluding hydrogens is 376 g/mol. The van der Waals surface area contributed by atoms with Gasteiger partial charge in [-0.25, -0.2) is 9.97 Å². The highest BCUT2D eigenvalue weighted by atomic mass is 16.1. The number of nitrogens with zero attached hydrogens (tertiary/aromatic N) is 4. The van der Waals surface area contributed by atoms with E-state index in [4.69, 9.17) is 0 Å². The first kappa shape index (κ1) is 18.0. The van der Waals surface area contributed by atoms with Gasteiger partial charge in [-0.1, -0.05) is 48.5 Å². The number of benzene rings is 3. The summed E-state index contributed by atoms with van der Waals surface area (Å²) in [7, 11) is 0. The SMILES string of the molecule is O=c1c2ccccc2ncn1Cc1ccccc1Cn1cnc2ccccc2c1=O. The summed E-state index contributed by atoms with van der Waals surface area (Å²) in [6.45, 7) is 0.755. The highest BCUT2D eigenvalue weighted by molar-refractivity contribution is 5.77. The van der Waals surface area contributed by atoms with Crippen LogP contribution in [0.25, 0.3) is 21.8 Å². The largest absolute Gasteiger partial charge is 0.294 e. The van der Waals surface area contributed by atoms with Gasteiger partial charge in [-0.05, 0) is 35.4 Å². The number of para-hydroxylation sites is 2. The van der Waals surface area contributed by atoms with Crippen molar-refractivity contribution in [3.8, 4) is 0 Å². The molecule has 6 nitrogen and oxygen atoms in total. The van der Waals surface area contributed by atoms with Gasteiger partial charge < -0.3 is 0 Å². The zero-order valence-electron chi connectivity index (χ0n) is 16.1. The van der Waals surface area contributed by atoms with Gasteiger partial charge >= 0.3 is 0 Å². The molecule has 0 N–H and O–H groups in total. The van der Waals surface area contributed by atoms with Crippen molar-refractivity contribution < 1.29 is 0 Å². The van der Waals surface area contributed by atoms with Crippen LogP contribution in [-0.4, -0.2) is 19.1 Å². The molecule has 6 heteroatoms. The lowest BCUT2D eigenvalue weighted by Crippen LogP contribution is -2.24. The van der Waals surface area contributed by atoms with Gasteiger partial charge in [-0.2, -0.15) is 0 Å². The summed E-state index contributed by atoms with van der Waals surface area (Å²) in [5, 5.41) is 1.18. The lowest BCUT2D eigenvalue weighted by molar-refractivity contribution is 0.707. The molecule has 0 spiro atoms. The van der Waals surface area contributed by atoms with Gasteiger partial charge in [0.15, 0.2) is 0 Å². The van der Waals surface area contributed by atoms with Gasteiger partial charge in [0.25, 0.3) is 11.1 Å². The normalized spacial score (nSPS) is 11.2. The molecule has 2 aromatic heterocycles. The third-order valence-electron chi connectivity index (χ3n) is 5.26. The second-order valence-corrected chi connectivity index (χ2v) is 7.16. The second kappa shape index (κ2) is 7.40. The van der Waals surface area contributed by atoms with Crippen LogP contribution < -0.4 is 11.1 Å². The predicted molar refractivity (Wildman–Crippen MR) is 117 cm³/mol. The fourth-order valence-corrected chi connectivity index (χ4v) is 3.67. The van der Waals surface area contributed by atoms with Crippen LogP contribution in [0.2, 0.25) is 0 Å². The van der Waals surface area contributed by atoms with Gasteiger partial charge in [0, 0.05) is 0 Å². The van der Waals surface area contributed by atoms with E-state index in [-0.39, 0.29) is 11.1 Å². The average Bonchev–Trinajstić information content (AvgIpc) is 2.79. The molecule has 0 aliphatic carbocycles. The Hall–Kier alpha value is -4.06. The monoisotopic (exact) mass is 394 g/mol. The lowest BCUT2D eigenvalue weighted by Gasteiger charge is -2.13. The highest BCUT2D eigenvalue weighted by Gasteiger charge is 2.10. The number of hydrogen-bond acceptors (Lipinski definition) is 4. The number of aromatic nitrogens is 4. The van der Waals surface area contributed by atoms with Crippen molar-refractivity contribution in [3.05, 3.63) is 117 Å². The molecule has 146 valence electrons. The van der Waals surface area contributed by atoms with Crippen LogP contribution >= 0.6 is 0 Å². The van der Waals surface area contributed by atoms with Crippen LogP contribution in [0.5, 0.6) is 0 Å². The molecule has 0 atom stereocenters. The molecule has 0 amide bonds.